The van der Waals surface area contributed by atoms with E-state index < -0.39 is 10.0 Å². The van der Waals surface area contributed by atoms with Gasteiger partial charge in [-0.2, -0.15) is 4.98 Å². The predicted octanol–water partition coefficient (Wildman–Crippen LogP) is 5.65. The highest BCUT2D eigenvalue weighted by atomic mass is 35.5. The summed E-state index contributed by atoms with van der Waals surface area (Å²) in [5.41, 5.74) is 1.46. The number of rotatable bonds is 8. The molecule has 0 amide bonds. The maximum absolute atomic E-state index is 15.3. The molecule has 1 aromatic heterocycles. The first kappa shape index (κ1) is 30.8. The third-order valence-electron chi connectivity index (χ3n) is 7.42. The molecule has 3 N–H and O–H groups in total. The number of nitrogens with one attached hydrogen (secondary N) is 3. The van der Waals surface area contributed by atoms with Crippen LogP contribution in [-0.2, 0) is 10.0 Å². The van der Waals surface area contributed by atoms with E-state index in [1.54, 1.807) is 12.1 Å². The molecule has 42 heavy (non-hydrogen) atoms. The Morgan fingerprint density at radius 3 is 2.21 bits per heavy atom. The first-order chi connectivity index (χ1) is 19.9. The van der Waals surface area contributed by atoms with Crippen LogP contribution in [-0.4, -0.2) is 86.8 Å². The molecular weight excluding hydrogens is 626 g/mol. The third kappa shape index (κ3) is 7.66. The molecule has 226 valence electrons. The standard InChI is InChI=1S/C27H32Cl3FN8O2S/c1-37-9-11-38(12-10-37)18-5-7-39(8-6-18)25-4-3-17(13-22(25)31)33-27-32-16-21(30)26(35-27)34-23-14-19(28)20(29)15-24(23)36-42(2,40)41/h3-4,13-16,18,36H,5-12H2,1-2H3,(H2,32,33,34,35). The van der Waals surface area contributed by atoms with Crippen LogP contribution in [0.25, 0.3) is 0 Å². The number of anilines is 6. The van der Waals surface area contributed by atoms with E-state index in [-0.39, 0.29) is 44.0 Å². The molecule has 0 radical (unpaired) electrons. The van der Waals surface area contributed by atoms with Crippen LogP contribution in [0.1, 0.15) is 12.8 Å². The summed E-state index contributed by atoms with van der Waals surface area (Å²) in [6.45, 7) is 5.98. The predicted molar refractivity (Wildman–Crippen MR) is 169 cm³/mol. The maximum atomic E-state index is 15.3. The second-order valence-electron chi connectivity index (χ2n) is 10.5. The molecule has 0 atom stereocenters. The fourth-order valence-corrected chi connectivity index (χ4v) is 6.24. The van der Waals surface area contributed by atoms with Crippen LogP contribution in [0.4, 0.5) is 38.9 Å². The average molecular weight is 658 g/mol. The van der Waals surface area contributed by atoms with Crippen molar-refractivity contribution in [1.82, 2.24) is 19.8 Å². The summed E-state index contributed by atoms with van der Waals surface area (Å²) in [5, 5.41) is 6.50. The van der Waals surface area contributed by atoms with Crippen molar-refractivity contribution in [2.45, 2.75) is 18.9 Å². The van der Waals surface area contributed by atoms with Gasteiger partial charge in [0.25, 0.3) is 0 Å². The highest BCUT2D eigenvalue weighted by Gasteiger charge is 2.27. The number of aromatic nitrogens is 2. The lowest BCUT2D eigenvalue weighted by Gasteiger charge is -2.42. The van der Waals surface area contributed by atoms with E-state index in [1.165, 1.54) is 24.4 Å². The molecule has 0 unspecified atom stereocenters. The number of likely N-dealkylation sites (N-methyl/N-ethyl adjacent to an activating group) is 1. The number of piperidine rings is 1. The minimum absolute atomic E-state index is 0.153. The van der Waals surface area contributed by atoms with E-state index in [9.17, 15) is 8.42 Å². The summed E-state index contributed by atoms with van der Waals surface area (Å²) in [6.07, 6.45) is 4.41. The lowest BCUT2D eigenvalue weighted by atomic mass is 10.0. The first-order valence-electron chi connectivity index (χ1n) is 13.5. The molecule has 5 rings (SSSR count). The van der Waals surface area contributed by atoms with Gasteiger partial charge in [0.15, 0.2) is 5.82 Å². The Bertz CT molecular complexity index is 1550. The lowest BCUT2D eigenvalue weighted by molar-refractivity contribution is 0.0981. The van der Waals surface area contributed by atoms with Gasteiger partial charge in [-0.1, -0.05) is 34.8 Å². The summed E-state index contributed by atoms with van der Waals surface area (Å²) < 4.78 is 41.4. The SMILES string of the molecule is CN1CCN(C2CCN(c3ccc(Nc4ncc(Cl)c(Nc5cc(Cl)c(Cl)cc5NS(C)(=O)=O)n4)cc3F)CC2)CC1. The molecule has 2 aliphatic rings. The molecule has 3 aromatic rings. The Hall–Kier alpha value is -2.61. The van der Waals surface area contributed by atoms with E-state index in [0.717, 1.165) is 58.4 Å². The van der Waals surface area contributed by atoms with Gasteiger partial charge in [-0.3, -0.25) is 9.62 Å². The molecule has 2 aliphatic heterocycles. The van der Waals surface area contributed by atoms with Gasteiger partial charge < -0.3 is 20.4 Å². The number of hydrogen-bond donors (Lipinski definition) is 3. The number of sulfonamides is 1. The van der Waals surface area contributed by atoms with Crippen LogP contribution in [0.5, 0.6) is 0 Å². The molecule has 2 saturated heterocycles. The molecular formula is C27H32Cl3FN8O2S. The molecule has 15 heteroatoms. The molecule has 0 bridgehead atoms. The third-order valence-corrected chi connectivity index (χ3v) is 9.01. The van der Waals surface area contributed by atoms with Gasteiger partial charge in [-0.15, -0.1) is 0 Å². The van der Waals surface area contributed by atoms with Crippen LogP contribution >= 0.6 is 34.8 Å². The van der Waals surface area contributed by atoms with Gasteiger partial charge in [-0.25, -0.2) is 17.8 Å². The van der Waals surface area contributed by atoms with Crippen molar-refractivity contribution >= 4 is 79.3 Å². The lowest BCUT2D eigenvalue weighted by Crippen LogP contribution is -2.52. The van der Waals surface area contributed by atoms with Crippen LogP contribution in [0, 0.1) is 5.82 Å². The van der Waals surface area contributed by atoms with E-state index >= 15 is 4.39 Å². The molecule has 2 fully saturated rings. The van der Waals surface area contributed by atoms with E-state index in [4.69, 9.17) is 34.8 Å². The van der Waals surface area contributed by atoms with Crippen molar-refractivity contribution in [3.8, 4) is 0 Å². The van der Waals surface area contributed by atoms with Crippen molar-refractivity contribution < 1.29 is 12.8 Å². The highest BCUT2D eigenvalue weighted by Crippen LogP contribution is 2.36. The summed E-state index contributed by atoms with van der Waals surface area (Å²) in [5.74, 6) is -0.0122. The Morgan fingerprint density at radius 1 is 0.905 bits per heavy atom. The van der Waals surface area contributed by atoms with Crippen molar-refractivity contribution in [1.29, 1.82) is 0 Å². The zero-order valence-corrected chi connectivity index (χ0v) is 26.3. The van der Waals surface area contributed by atoms with Gasteiger partial charge in [-0.05, 0) is 50.2 Å². The van der Waals surface area contributed by atoms with E-state index in [0.29, 0.717) is 17.4 Å². The van der Waals surface area contributed by atoms with Crippen LogP contribution in [0.15, 0.2) is 36.5 Å². The van der Waals surface area contributed by atoms with Gasteiger partial charge in [0.1, 0.15) is 10.8 Å². The monoisotopic (exact) mass is 656 g/mol. The molecule has 0 saturated carbocycles. The van der Waals surface area contributed by atoms with Crippen LogP contribution in [0.3, 0.4) is 0 Å². The molecule has 0 spiro atoms. The van der Waals surface area contributed by atoms with Crippen LogP contribution in [0.2, 0.25) is 15.1 Å². The largest absolute Gasteiger partial charge is 0.369 e. The van der Waals surface area contributed by atoms with Gasteiger partial charge in [0.05, 0.1) is 39.6 Å². The highest BCUT2D eigenvalue weighted by molar-refractivity contribution is 7.92. The minimum Gasteiger partial charge on any atom is -0.369 e. The average Bonchev–Trinajstić information content (AvgIpc) is 2.93. The number of piperazine rings is 1. The first-order valence-corrected chi connectivity index (χ1v) is 16.5. The molecule has 10 nitrogen and oxygen atoms in total. The summed E-state index contributed by atoms with van der Waals surface area (Å²) in [6, 6.07) is 8.34. The number of hydrogen-bond acceptors (Lipinski definition) is 9. The van der Waals surface area contributed by atoms with Crippen LogP contribution < -0.4 is 20.3 Å². The summed E-state index contributed by atoms with van der Waals surface area (Å²) in [7, 11) is -1.46. The number of benzene rings is 2. The van der Waals surface area contributed by atoms with Crippen molar-refractivity contribution in [3.05, 3.63) is 57.4 Å². The normalized spacial score (nSPS) is 17.3. The Labute approximate surface area is 260 Å². The topological polar surface area (TPSA) is 106 Å². The van der Waals surface area contributed by atoms with E-state index in [2.05, 4.69) is 47.1 Å². The zero-order chi connectivity index (χ0) is 30.0. The fourth-order valence-electron chi connectivity index (χ4n) is 5.21. The molecule has 3 heterocycles. The quantitative estimate of drug-likeness (QED) is 0.283. The Kier molecular flexibility index (Phi) is 9.50. The van der Waals surface area contributed by atoms with Crippen molar-refractivity contribution in [2.75, 3.05) is 72.8 Å². The number of halogens is 4. The second-order valence-corrected chi connectivity index (χ2v) is 13.5. The maximum Gasteiger partial charge on any atom is 0.229 e. The fraction of sp³-hybridized carbons (Fsp3) is 0.407. The van der Waals surface area contributed by atoms with E-state index in [1.807, 2.05) is 0 Å². The van der Waals surface area contributed by atoms with Crippen molar-refractivity contribution in [2.24, 2.45) is 0 Å². The van der Waals surface area contributed by atoms with Gasteiger partial charge >= 0.3 is 0 Å². The van der Waals surface area contributed by atoms with Gasteiger partial charge in [0, 0.05) is 51.0 Å². The smallest absolute Gasteiger partial charge is 0.229 e. The number of nitrogens with zero attached hydrogens (tertiary/aromatic N) is 5. The molecule has 2 aromatic carbocycles. The molecule has 0 aliphatic carbocycles. The van der Waals surface area contributed by atoms with Crippen molar-refractivity contribution in [3.63, 3.8) is 0 Å². The second kappa shape index (κ2) is 12.9. The van der Waals surface area contributed by atoms with Gasteiger partial charge in [0.2, 0.25) is 16.0 Å². The summed E-state index contributed by atoms with van der Waals surface area (Å²) in [4.78, 5) is 15.6. The Morgan fingerprint density at radius 2 is 1.57 bits per heavy atom. The minimum atomic E-state index is -3.62. The summed E-state index contributed by atoms with van der Waals surface area (Å²) >= 11 is 18.6. The Balaban J connectivity index is 1.26. The zero-order valence-electron chi connectivity index (χ0n) is 23.2.